The van der Waals surface area contributed by atoms with Crippen molar-refractivity contribution in [2.24, 2.45) is 5.73 Å². The van der Waals surface area contributed by atoms with E-state index in [1.807, 2.05) is 30.3 Å². The van der Waals surface area contributed by atoms with E-state index >= 15 is 0 Å². The van der Waals surface area contributed by atoms with Crippen molar-refractivity contribution in [3.63, 3.8) is 0 Å². The van der Waals surface area contributed by atoms with E-state index in [4.69, 9.17) is 5.73 Å². The van der Waals surface area contributed by atoms with Gasteiger partial charge in [0.1, 0.15) is 17.7 Å². The van der Waals surface area contributed by atoms with Crippen LogP contribution in [-0.4, -0.2) is 37.0 Å². The third kappa shape index (κ3) is 3.38. The average Bonchev–Trinajstić information content (AvgIpc) is 2.63. The number of anilines is 1. The zero-order valence-electron chi connectivity index (χ0n) is 13.2. The van der Waals surface area contributed by atoms with Crippen LogP contribution in [0.25, 0.3) is 0 Å². The maximum Gasteiger partial charge on any atom is 0.244 e. The van der Waals surface area contributed by atoms with E-state index in [9.17, 15) is 13.6 Å². The maximum atomic E-state index is 13.9. The van der Waals surface area contributed by atoms with Crippen molar-refractivity contribution in [2.75, 3.05) is 31.1 Å². The minimum Gasteiger partial charge on any atom is -0.366 e. The van der Waals surface area contributed by atoms with Crippen LogP contribution in [0.2, 0.25) is 0 Å². The number of hydrogen-bond donors (Lipinski definition) is 1. The van der Waals surface area contributed by atoms with Gasteiger partial charge in [0.15, 0.2) is 0 Å². The molecule has 126 valence electrons. The largest absolute Gasteiger partial charge is 0.366 e. The first-order chi connectivity index (χ1) is 11.6. The minimum atomic E-state index is -0.705. The van der Waals surface area contributed by atoms with Gasteiger partial charge in [0.2, 0.25) is 5.91 Å². The second-order valence-corrected chi connectivity index (χ2v) is 5.80. The normalized spacial score (nSPS) is 16.1. The number of hydrogen-bond acceptors (Lipinski definition) is 3. The van der Waals surface area contributed by atoms with Gasteiger partial charge in [-0.05, 0) is 17.7 Å². The molecule has 0 spiro atoms. The SMILES string of the molecule is NC(C(=O)N1CCN(c2cc(F)ccc2F)CC1)c1ccccc1. The number of rotatable bonds is 3. The number of benzene rings is 2. The number of nitrogens with zero attached hydrogens (tertiary/aromatic N) is 2. The molecule has 2 aromatic carbocycles. The topological polar surface area (TPSA) is 49.6 Å². The molecule has 1 heterocycles. The Hall–Kier alpha value is -2.47. The molecular weight excluding hydrogens is 312 g/mol. The van der Waals surface area contributed by atoms with E-state index in [1.54, 1.807) is 9.80 Å². The smallest absolute Gasteiger partial charge is 0.244 e. The lowest BCUT2D eigenvalue weighted by Crippen LogP contribution is -2.51. The lowest BCUT2D eigenvalue weighted by Gasteiger charge is -2.37. The van der Waals surface area contributed by atoms with Gasteiger partial charge in [-0.2, -0.15) is 0 Å². The van der Waals surface area contributed by atoms with Gasteiger partial charge in [0.05, 0.1) is 5.69 Å². The van der Waals surface area contributed by atoms with E-state index in [1.165, 1.54) is 6.07 Å². The van der Waals surface area contributed by atoms with Crippen LogP contribution >= 0.6 is 0 Å². The van der Waals surface area contributed by atoms with Crippen LogP contribution in [0.15, 0.2) is 48.5 Å². The molecule has 6 heteroatoms. The molecule has 0 aliphatic carbocycles. The van der Waals surface area contributed by atoms with Crippen molar-refractivity contribution in [1.29, 1.82) is 0 Å². The summed E-state index contributed by atoms with van der Waals surface area (Å²) in [6.45, 7) is 1.73. The molecule has 4 nitrogen and oxygen atoms in total. The Labute approximate surface area is 139 Å². The summed E-state index contributed by atoms with van der Waals surface area (Å²) in [6, 6.07) is 11.9. The number of carbonyl (C=O) groups is 1. The van der Waals surface area contributed by atoms with Gasteiger partial charge in [-0.25, -0.2) is 8.78 Å². The Morgan fingerprint density at radius 1 is 1.00 bits per heavy atom. The summed E-state index contributed by atoms with van der Waals surface area (Å²) in [4.78, 5) is 15.9. The van der Waals surface area contributed by atoms with Crippen LogP contribution in [0.3, 0.4) is 0 Å². The molecule has 0 aromatic heterocycles. The van der Waals surface area contributed by atoms with E-state index in [0.29, 0.717) is 26.2 Å². The number of carbonyl (C=O) groups excluding carboxylic acids is 1. The predicted molar refractivity (Wildman–Crippen MR) is 88.5 cm³/mol. The Balaban J connectivity index is 1.64. The first-order valence-corrected chi connectivity index (χ1v) is 7.85. The summed E-state index contributed by atoms with van der Waals surface area (Å²) in [5.74, 6) is -1.09. The number of piperazine rings is 1. The van der Waals surface area contributed by atoms with Crippen molar-refractivity contribution in [3.8, 4) is 0 Å². The molecule has 1 unspecified atom stereocenters. The zero-order valence-corrected chi connectivity index (χ0v) is 13.2. The monoisotopic (exact) mass is 331 g/mol. The molecule has 0 bridgehead atoms. The average molecular weight is 331 g/mol. The van der Waals surface area contributed by atoms with Crippen molar-refractivity contribution in [2.45, 2.75) is 6.04 Å². The van der Waals surface area contributed by atoms with Crippen molar-refractivity contribution in [3.05, 3.63) is 65.7 Å². The van der Waals surface area contributed by atoms with Gasteiger partial charge >= 0.3 is 0 Å². The summed E-state index contributed by atoms with van der Waals surface area (Å²) in [5.41, 5.74) is 7.04. The second kappa shape index (κ2) is 6.97. The summed E-state index contributed by atoms with van der Waals surface area (Å²) in [7, 11) is 0. The molecule has 2 N–H and O–H groups in total. The molecular formula is C18H19F2N3O. The van der Waals surface area contributed by atoms with E-state index in [-0.39, 0.29) is 11.6 Å². The van der Waals surface area contributed by atoms with Gasteiger partial charge in [-0.1, -0.05) is 30.3 Å². The summed E-state index contributed by atoms with van der Waals surface area (Å²) in [6.07, 6.45) is 0. The van der Waals surface area contributed by atoms with Gasteiger partial charge in [0, 0.05) is 32.2 Å². The Bertz CT molecular complexity index is 715. The molecule has 0 radical (unpaired) electrons. The van der Waals surface area contributed by atoms with Gasteiger partial charge in [-0.15, -0.1) is 0 Å². The van der Waals surface area contributed by atoms with Crippen molar-refractivity contribution >= 4 is 11.6 Å². The molecule has 1 aliphatic heterocycles. The first-order valence-electron chi connectivity index (χ1n) is 7.85. The van der Waals surface area contributed by atoms with Crippen LogP contribution in [0, 0.1) is 11.6 Å². The van der Waals surface area contributed by atoms with E-state index < -0.39 is 17.7 Å². The van der Waals surface area contributed by atoms with Gasteiger partial charge < -0.3 is 15.5 Å². The molecule has 3 rings (SSSR count). The molecule has 24 heavy (non-hydrogen) atoms. The molecule has 1 amide bonds. The highest BCUT2D eigenvalue weighted by atomic mass is 19.1. The van der Waals surface area contributed by atoms with Crippen LogP contribution < -0.4 is 10.6 Å². The quantitative estimate of drug-likeness (QED) is 0.939. The third-order valence-corrected chi connectivity index (χ3v) is 4.26. The van der Waals surface area contributed by atoms with Crippen LogP contribution in [0.1, 0.15) is 11.6 Å². The summed E-state index contributed by atoms with van der Waals surface area (Å²) >= 11 is 0. The van der Waals surface area contributed by atoms with E-state index in [2.05, 4.69) is 0 Å². The maximum absolute atomic E-state index is 13.9. The Kier molecular flexibility index (Phi) is 4.76. The predicted octanol–water partition coefficient (Wildman–Crippen LogP) is 2.31. The molecule has 2 aromatic rings. The third-order valence-electron chi connectivity index (χ3n) is 4.26. The highest BCUT2D eigenvalue weighted by Gasteiger charge is 2.27. The number of halogens is 2. The standard InChI is InChI=1S/C18H19F2N3O/c19-14-6-7-15(20)16(12-14)22-8-10-23(11-9-22)18(24)17(21)13-4-2-1-3-5-13/h1-7,12,17H,8-11,21H2. The highest BCUT2D eigenvalue weighted by Crippen LogP contribution is 2.23. The van der Waals surface area contributed by atoms with E-state index in [0.717, 1.165) is 17.7 Å². The Morgan fingerprint density at radius 3 is 2.33 bits per heavy atom. The Morgan fingerprint density at radius 2 is 1.67 bits per heavy atom. The van der Waals surface area contributed by atoms with Crippen LogP contribution in [-0.2, 0) is 4.79 Å². The fourth-order valence-corrected chi connectivity index (χ4v) is 2.90. The number of amides is 1. The summed E-state index contributed by atoms with van der Waals surface area (Å²) < 4.78 is 27.2. The number of nitrogens with two attached hydrogens (primary N) is 1. The molecule has 1 saturated heterocycles. The highest BCUT2D eigenvalue weighted by molar-refractivity contribution is 5.83. The van der Waals surface area contributed by atoms with Gasteiger partial charge in [0.25, 0.3) is 0 Å². The van der Waals surface area contributed by atoms with Crippen LogP contribution in [0.4, 0.5) is 14.5 Å². The van der Waals surface area contributed by atoms with Crippen molar-refractivity contribution < 1.29 is 13.6 Å². The first kappa shape index (κ1) is 16.4. The summed E-state index contributed by atoms with van der Waals surface area (Å²) in [5, 5.41) is 0. The lowest BCUT2D eigenvalue weighted by atomic mass is 10.1. The molecule has 1 fully saturated rings. The fourth-order valence-electron chi connectivity index (χ4n) is 2.90. The second-order valence-electron chi connectivity index (χ2n) is 5.80. The molecule has 1 atom stereocenters. The van der Waals surface area contributed by atoms with Crippen LogP contribution in [0.5, 0.6) is 0 Å². The van der Waals surface area contributed by atoms with Gasteiger partial charge in [-0.3, -0.25) is 4.79 Å². The zero-order chi connectivity index (χ0) is 17.1. The molecule has 0 saturated carbocycles. The fraction of sp³-hybridized carbons (Fsp3) is 0.278. The lowest BCUT2D eigenvalue weighted by molar-refractivity contribution is -0.133. The van der Waals surface area contributed by atoms with Crippen molar-refractivity contribution in [1.82, 2.24) is 4.90 Å². The minimum absolute atomic E-state index is 0.152. The molecule has 1 aliphatic rings.